The van der Waals surface area contributed by atoms with Gasteiger partial charge in [-0.15, -0.1) is 0 Å². The van der Waals surface area contributed by atoms with E-state index in [0.717, 1.165) is 5.56 Å². The molecule has 0 aliphatic rings. The summed E-state index contributed by atoms with van der Waals surface area (Å²) in [6.07, 6.45) is 0.331. The maximum Gasteiger partial charge on any atom is 0.132 e. The van der Waals surface area contributed by atoms with Gasteiger partial charge in [0.1, 0.15) is 5.56 Å². The molecule has 0 saturated heterocycles. The van der Waals surface area contributed by atoms with E-state index in [1.165, 1.54) is 0 Å². The second-order valence-corrected chi connectivity index (χ2v) is 3.72. The van der Waals surface area contributed by atoms with Crippen LogP contribution >= 0.6 is 34.8 Å². The van der Waals surface area contributed by atoms with Crippen LogP contribution in [0, 0.1) is 0 Å². The van der Waals surface area contributed by atoms with Crippen molar-refractivity contribution in [2.45, 2.75) is 12.0 Å². The van der Waals surface area contributed by atoms with Crippen LogP contribution in [0.4, 0.5) is 0 Å². The number of hydrogen-bond donors (Lipinski definition) is 1. The summed E-state index contributed by atoms with van der Waals surface area (Å²) < 4.78 is 0. The van der Waals surface area contributed by atoms with E-state index in [9.17, 15) is 0 Å². The zero-order valence-corrected chi connectivity index (χ0v) is 8.37. The Morgan fingerprint density at radius 1 is 1.33 bits per heavy atom. The van der Waals surface area contributed by atoms with E-state index in [4.69, 9.17) is 39.9 Å². The van der Waals surface area contributed by atoms with Crippen molar-refractivity contribution in [1.82, 2.24) is 0 Å². The van der Waals surface area contributed by atoms with Crippen molar-refractivity contribution in [3.63, 3.8) is 0 Å². The molecule has 1 atom stereocenters. The molecule has 0 bridgehead atoms. The highest BCUT2D eigenvalue weighted by Crippen LogP contribution is 2.22. The third-order valence-corrected chi connectivity index (χ3v) is 2.14. The molecule has 4 heteroatoms. The van der Waals surface area contributed by atoms with Crippen molar-refractivity contribution in [1.29, 1.82) is 0 Å². The highest BCUT2D eigenvalue weighted by atomic mass is 35.5. The van der Waals surface area contributed by atoms with Gasteiger partial charge in [0.25, 0.3) is 0 Å². The number of halogens is 3. The molecule has 0 fully saturated rings. The van der Waals surface area contributed by atoms with E-state index in [1.807, 2.05) is 0 Å². The van der Waals surface area contributed by atoms with E-state index in [0.29, 0.717) is 16.5 Å². The summed E-state index contributed by atoms with van der Waals surface area (Å²) in [7, 11) is 0. The van der Waals surface area contributed by atoms with Gasteiger partial charge in [0.2, 0.25) is 0 Å². The van der Waals surface area contributed by atoms with Gasteiger partial charge in [-0.05, 0) is 17.7 Å². The summed E-state index contributed by atoms with van der Waals surface area (Å²) in [5.41, 5.74) is -0.104. The Morgan fingerprint density at radius 3 is 2.50 bits per heavy atom. The highest BCUT2D eigenvalue weighted by Gasteiger charge is 2.05. The standard InChI is InChI=1S/C8H7Cl3O/c9-6-2-1-5(3-8(11)12)7(10)4-6/h1-2,4,8,12H,3H2. The largest absolute Gasteiger partial charge is 0.377 e. The van der Waals surface area contributed by atoms with Crippen molar-refractivity contribution in [3.05, 3.63) is 33.8 Å². The Labute approximate surface area is 85.9 Å². The molecule has 12 heavy (non-hydrogen) atoms. The topological polar surface area (TPSA) is 20.2 Å². The van der Waals surface area contributed by atoms with E-state index in [-0.39, 0.29) is 0 Å². The van der Waals surface area contributed by atoms with E-state index < -0.39 is 5.56 Å². The third kappa shape index (κ3) is 2.83. The Kier molecular flexibility index (Phi) is 3.66. The molecule has 0 aromatic heterocycles. The second-order valence-electron chi connectivity index (χ2n) is 2.37. The first-order valence-electron chi connectivity index (χ1n) is 3.35. The van der Waals surface area contributed by atoms with Crippen molar-refractivity contribution < 1.29 is 5.11 Å². The van der Waals surface area contributed by atoms with Crippen LogP contribution in [0.1, 0.15) is 5.56 Å². The first-order chi connectivity index (χ1) is 5.59. The molecule has 0 amide bonds. The van der Waals surface area contributed by atoms with Crippen molar-refractivity contribution >= 4 is 34.8 Å². The summed E-state index contributed by atoms with van der Waals surface area (Å²) >= 11 is 16.9. The van der Waals surface area contributed by atoms with E-state index in [1.54, 1.807) is 18.2 Å². The lowest BCUT2D eigenvalue weighted by Gasteiger charge is -2.04. The molecule has 0 aliphatic carbocycles. The van der Waals surface area contributed by atoms with Crippen LogP contribution in [0.25, 0.3) is 0 Å². The molecule has 1 aromatic rings. The van der Waals surface area contributed by atoms with Crippen LogP contribution in [0.2, 0.25) is 10.0 Å². The predicted molar refractivity (Wildman–Crippen MR) is 52.0 cm³/mol. The van der Waals surface area contributed by atoms with Crippen LogP contribution in [0.3, 0.4) is 0 Å². The lowest BCUT2D eigenvalue weighted by atomic mass is 10.2. The maximum atomic E-state index is 8.87. The number of aliphatic hydroxyl groups is 1. The van der Waals surface area contributed by atoms with Crippen molar-refractivity contribution in [2.24, 2.45) is 0 Å². The summed E-state index contributed by atoms with van der Waals surface area (Å²) in [4.78, 5) is 0. The number of benzene rings is 1. The van der Waals surface area contributed by atoms with Gasteiger partial charge in [-0.2, -0.15) is 0 Å². The van der Waals surface area contributed by atoms with Gasteiger partial charge in [-0.3, -0.25) is 0 Å². The first-order valence-corrected chi connectivity index (χ1v) is 4.55. The Balaban J connectivity index is 2.86. The molecule has 0 saturated carbocycles. The molecule has 0 radical (unpaired) electrons. The zero-order valence-electron chi connectivity index (χ0n) is 6.10. The zero-order chi connectivity index (χ0) is 9.14. The van der Waals surface area contributed by atoms with Gasteiger partial charge >= 0.3 is 0 Å². The summed E-state index contributed by atoms with van der Waals surface area (Å²) in [6.45, 7) is 0. The molecule has 66 valence electrons. The van der Waals surface area contributed by atoms with Crippen LogP contribution in [-0.2, 0) is 6.42 Å². The molecular formula is C8H7Cl3O. The molecule has 1 unspecified atom stereocenters. The number of rotatable bonds is 2. The number of aliphatic hydroxyl groups excluding tert-OH is 1. The van der Waals surface area contributed by atoms with Gasteiger partial charge in [0.05, 0.1) is 0 Å². The maximum absolute atomic E-state index is 8.87. The fraction of sp³-hybridized carbons (Fsp3) is 0.250. The van der Waals surface area contributed by atoms with Crippen LogP contribution in [0.5, 0.6) is 0 Å². The number of hydrogen-bond acceptors (Lipinski definition) is 1. The van der Waals surface area contributed by atoms with Gasteiger partial charge < -0.3 is 5.11 Å². The monoisotopic (exact) mass is 224 g/mol. The molecule has 1 rings (SSSR count). The minimum Gasteiger partial charge on any atom is -0.377 e. The quantitative estimate of drug-likeness (QED) is 0.767. The fourth-order valence-electron chi connectivity index (χ4n) is 0.869. The summed E-state index contributed by atoms with van der Waals surface area (Å²) in [5, 5.41) is 9.98. The molecule has 0 aliphatic heterocycles. The van der Waals surface area contributed by atoms with Gasteiger partial charge in [-0.25, -0.2) is 0 Å². The average molecular weight is 226 g/mol. The van der Waals surface area contributed by atoms with E-state index in [2.05, 4.69) is 0 Å². The van der Waals surface area contributed by atoms with Crippen LogP contribution in [0.15, 0.2) is 18.2 Å². The SMILES string of the molecule is OC(Cl)Cc1ccc(Cl)cc1Cl. The van der Waals surface area contributed by atoms with Crippen LogP contribution < -0.4 is 0 Å². The average Bonchev–Trinajstić information content (AvgIpc) is 1.94. The number of alkyl halides is 1. The summed E-state index contributed by atoms with van der Waals surface area (Å²) in [5.74, 6) is 0. The Morgan fingerprint density at radius 2 is 2.00 bits per heavy atom. The smallest absolute Gasteiger partial charge is 0.132 e. The normalized spacial score (nSPS) is 13.0. The van der Waals surface area contributed by atoms with Gasteiger partial charge in [-0.1, -0.05) is 40.9 Å². The molecule has 0 heterocycles. The van der Waals surface area contributed by atoms with E-state index >= 15 is 0 Å². The molecule has 1 N–H and O–H groups in total. The van der Waals surface area contributed by atoms with Crippen molar-refractivity contribution in [3.8, 4) is 0 Å². The summed E-state index contributed by atoms with van der Waals surface area (Å²) in [6, 6.07) is 5.08. The third-order valence-electron chi connectivity index (χ3n) is 1.40. The first kappa shape index (κ1) is 10.1. The minimum absolute atomic E-state index is 0.331. The second kappa shape index (κ2) is 4.33. The highest BCUT2D eigenvalue weighted by molar-refractivity contribution is 6.35. The molecular weight excluding hydrogens is 218 g/mol. The van der Waals surface area contributed by atoms with Crippen LogP contribution in [-0.4, -0.2) is 10.7 Å². The lowest BCUT2D eigenvalue weighted by molar-refractivity contribution is 0.257. The Bertz CT molecular complexity index is 273. The van der Waals surface area contributed by atoms with Crippen molar-refractivity contribution in [2.75, 3.05) is 0 Å². The fourth-order valence-corrected chi connectivity index (χ4v) is 1.52. The Hall–Kier alpha value is 0.0500. The van der Waals surface area contributed by atoms with Gasteiger partial charge in [0, 0.05) is 16.5 Å². The molecule has 1 nitrogen and oxygen atoms in total. The van der Waals surface area contributed by atoms with Gasteiger partial charge in [0.15, 0.2) is 0 Å². The predicted octanol–water partition coefficient (Wildman–Crippen LogP) is 3.09. The molecule has 1 aromatic carbocycles. The minimum atomic E-state index is -0.899. The molecule has 0 spiro atoms. The lowest BCUT2D eigenvalue weighted by Crippen LogP contribution is -2.01.